The van der Waals surface area contributed by atoms with Crippen molar-refractivity contribution in [3.63, 3.8) is 0 Å². The van der Waals surface area contributed by atoms with E-state index in [0.717, 1.165) is 32.4 Å². The second-order valence-electron chi connectivity index (χ2n) is 7.27. The highest BCUT2D eigenvalue weighted by molar-refractivity contribution is 5.94. The molecule has 27 heavy (non-hydrogen) atoms. The van der Waals surface area contributed by atoms with Gasteiger partial charge in [0.2, 0.25) is 5.91 Å². The van der Waals surface area contributed by atoms with Crippen LogP contribution in [0.2, 0.25) is 0 Å². The van der Waals surface area contributed by atoms with Gasteiger partial charge in [0.25, 0.3) is 5.91 Å². The molecule has 2 aliphatic rings. The van der Waals surface area contributed by atoms with E-state index >= 15 is 0 Å². The maximum absolute atomic E-state index is 13.3. The van der Waals surface area contributed by atoms with Gasteiger partial charge in [0.05, 0.1) is 12.0 Å². The van der Waals surface area contributed by atoms with Crippen LogP contribution in [0.25, 0.3) is 0 Å². The van der Waals surface area contributed by atoms with E-state index in [1.54, 1.807) is 7.11 Å². The average Bonchev–Trinajstić information content (AvgIpc) is 2.94. The molecule has 0 aliphatic carbocycles. The molecule has 2 heterocycles. The summed E-state index contributed by atoms with van der Waals surface area (Å²) >= 11 is 0. The average molecular weight is 396 g/mol. The largest absolute Gasteiger partial charge is 0.384 e. The molecule has 0 unspecified atom stereocenters. The van der Waals surface area contributed by atoms with Crippen LogP contribution in [0.1, 0.15) is 29.6 Å². The number of benzene rings is 1. The van der Waals surface area contributed by atoms with Crippen LogP contribution in [-0.2, 0) is 9.53 Å². The van der Waals surface area contributed by atoms with Gasteiger partial charge in [-0.05, 0) is 44.5 Å². The van der Waals surface area contributed by atoms with Crippen molar-refractivity contribution in [3.05, 3.63) is 35.9 Å². The number of hydrogen-bond donors (Lipinski definition) is 1. The first-order valence-electron chi connectivity index (χ1n) is 9.50. The summed E-state index contributed by atoms with van der Waals surface area (Å²) in [6.45, 7) is 4.74. The molecule has 0 saturated carbocycles. The van der Waals surface area contributed by atoms with Crippen LogP contribution in [0, 0.1) is 5.41 Å². The molecule has 0 aromatic heterocycles. The molecule has 1 N–H and O–H groups in total. The summed E-state index contributed by atoms with van der Waals surface area (Å²) in [5.74, 6) is 0.239. The molecule has 3 rings (SSSR count). The molecule has 1 aromatic rings. The minimum atomic E-state index is -0.418. The number of rotatable bonds is 4. The number of halogens is 1. The summed E-state index contributed by atoms with van der Waals surface area (Å²) in [7, 11) is 1.67. The highest BCUT2D eigenvalue weighted by Crippen LogP contribution is 2.32. The normalized spacial score (nSPS) is 19.7. The lowest BCUT2D eigenvalue weighted by Gasteiger charge is -2.39. The summed E-state index contributed by atoms with van der Waals surface area (Å²) in [4.78, 5) is 29.8. The molecule has 6 nitrogen and oxygen atoms in total. The van der Waals surface area contributed by atoms with Crippen molar-refractivity contribution in [1.29, 1.82) is 0 Å². The zero-order chi connectivity index (χ0) is 18.4. The van der Waals surface area contributed by atoms with Crippen molar-refractivity contribution in [2.45, 2.75) is 19.3 Å². The third-order valence-corrected chi connectivity index (χ3v) is 5.53. The minimum absolute atomic E-state index is 0. The molecule has 0 atom stereocenters. The Bertz CT molecular complexity index is 615. The molecule has 0 bridgehead atoms. The van der Waals surface area contributed by atoms with Crippen LogP contribution < -0.4 is 5.32 Å². The van der Waals surface area contributed by atoms with Gasteiger partial charge >= 0.3 is 0 Å². The van der Waals surface area contributed by atoms with Crippen LogP contribution in [0.15, 0.2) is 30.3 Å². The predicted molar refractivity (Wildman–Crippen MR) is 107 cm³/mol. The molecular weight excluding hydrogens is 366 g/mol. The first-order chi connectivity index (χ1) is 12.7. The minimum Gasteiger partial charge on any atom is -0.384 e. The van der Waals surface area contributed by atoms with Crippen molar-refractivity contribution in [2.75, 3.05) is 53.0 Å². The second-order valence-corrected chi connectivity index (χ2v) is 7.27. The predicted octanol–water partition coefficient (Wildman–Crippen LogP) is 1.80. The summed E-state index contributed by atoms with van der Waals surface area (Å²) in [5, 5.41) is 3.33. The molecule has 2 amide bonds. The van der Waals surface area contributed by atoms with Gasteiger partial charge in [-0.3, -0.25) is 9.59 Å². The van der Waals surface area contributed by atoms with Gasteiger partial charge < -0.3 is 19.9 Å². The van der Waals surface area contributed by atoms with E-state index in [2.05, 4.69) is 5.32 Å². The molecule has 2 fully saturated rings. The Morgan fingerprint density at radius 3 is 2.33 bits per heavy atom. The maximum Gasteiger partial charge on any atom is 0.253 e. The highest BCUT2D eigenvalue weighted by atomic mass is 35.5. The van der Waals surface area contributed by atoms with Crippen molar-refractivity contribution >= 4 is 24.2 Å². The first kappa shape index (κ1) is 21.7. The Hall–Kier alpha value is -1.63. The van der Waals surface area contributed by atoms with Crippen LogP contribution in [0.4, 0.5) is 0 Å². The van der Waals surface area contributed by atoms with Gasteiger partial charge in [-0.2, -0.15) is 0 Å². The molecule has 7 heteroatoms. The van der Waals surface area contributed by atoms with Crippen LogP contribution in [0.3, 0.4) is 0 Å². The fourth-order valence-corrected chi connectivity index (χ4v) is 4.02. The molecule has 1 aromatic carbocycles. The summed E-state index contributed by atoms with van der Waals surface area (Å²) in [6, 6.07) is 9.37. The molecule has 0 spiro atoms. The fraction of sp³-hybridized carbons (Fsp3) is 0.600. The SMILES string of the molecule is COCC1(C(=O)N2CCCN(C(=O)c3ccccc3)CC2)CCNCC1.Cl. The number of hydrogen-bond acceptors (Lipinski definition) is 4. The van der Waals surface area contributed by atoms with Gasteiger partial charge in [-0.25, -0.2) is 0 Å². The Morgan fingerprint density at radius 2 is 1.67 bits per heavy atom. The van der Waals surface area contributed by atoms with Crippen molar-refractivity contribution in [2.24, 2.45) is 5.41 Å². The molecule has 2 saturated heterocycles. The zero-order valence-corrected chi connectivity index (χ0v) is 16.8. The van der Waals surface area contributed by atoms with Crippen molar-refractivity contribution in [1.82, 2.24) is 15.1 Å². The topological polar surface area (TPSA) is 61.9 Å². The van der Waals surface area contributed by atoms with Crippen molar-refractivity contribution in [3.8, 4) is 0 Å². The summed E-state index contributed by atoms with van der Waals surface area (Å²) in [6.07, 6.45) is 2.43. The van der Waals surface area contributed by atoms with Gasteiger partial charge in [0.1, 0.15) is 0 Å². The maximum atomic E-state index is 13.3. The zero-order valence-electron chi connectivity index (χ0n) is 16.0. The fourth-order valence-electron chi connectivity index (χ4n) is 4.02. The number of methoxy groups -OCH3 is 1. The Morgan fingerprint density at radius 1 is 1.04 bits per heavy atom. The lowest BCUT2D eigenvalue weighted by Crippen LogP contribution is -2.52. The second kappa shape index (κ2) is 10.1. The molecule has 0 radical (unpaired) electrons. The van der Waals surface area contributed by atoms with E-state index in [-0.39, 0.29) is 24.2 Å². The van der Waals surface area contributed by atoms with Crippen LogP contribution in [-0.4, -0.2) is 74.6 Å². The lowest BCUT2D eigenvalue weighted by molar-refractivity contribution is -0.147. The van der Waals surface area contributed by atoms with E-state index in [1.807, 2.05) is 40.1 Å². The lowest BCUT2D eigenvalue weighted by atomic mass is 9.78. The van der Waals surface area contributed by atoms with E-state index in [1.165, 1.54) is 0 Å². The monoisotopic (exact) mass is 395 g/mol. The van der Waals surface area contributed by atoms with Gasteiger partial charge in [0.15, 0.2) is 0 Å². The molecule has 150 valence electrons. The van der Waals surface area contributed by atoms with Gasteiger partial charge in [-0.15, -0.1) is 12.4 Å². The third kappa shape index (κ3) is 5.00. The van der Waals surface area contributed by atoms with Gasteiger partial charge in [0, 0.05) is 38.9 Å². The van der Waals surface area contributed by atoms with E-state index < -0.39 is 5.41 Å². The Balaban J connectivity index is 0.00000261. The number of ether oxygens (including phenoxy) is 1. The van der Waals surface area contributed by atoms with Crippen LogP contribution in [0.5, 0.6) is 0 Å². The van der Waals surface area contributed by atoms with Crippen LogP contribution >= 0.6 is 12.4 Å². The number of amides is 2. The molecular formula is C20H30ClN3O3. The highest BCUT2D eigenvalue weighted by Gasteiger charge is 2.42. The first-order valence-corrected chi connectivity index (χ1v) is 9.50. The van der Waals surface area contributed by atoms with E-state index in [4.69, 9.17) is 4.74 Å². The number of piperidine rings is 1. The van der Waals surface area contributed by atoms with E-state index in [0.29, 0.717) is 38.3 Å². The smallest absolute Gasteiger partial charge is 0.253 e. The molecule has 2 aliphatic heterocycles. The standard InChI is InChI=1S/C20H29N3O3.ClH/c1-26-16-20(8-10-21-11-9-20)19(25)23-13-5-12-22(14-15-23)18(24)17-6-3-2-4-7-17;/h2-4,6-7,21H,5,8-16H2,1H3;1H. The van der Waals surface area contributed by atoms with Crippen molar-refractivity contribution < 1.29 is 14.3 Å². The third-order valence-electron chi connectivity index (χ3n) is 5.53. The number of nitrogens with zero attached hydrogens (tertiary/aromatic N) is 2. The summed E-state index contributed by atoms with van der Waals surface area (Å²) in [5.41, 5.74) is 0.292. The Kier molecular flexibility index (Phi) is 8.07. The summed E-state index contributed by atoms with van der Waals surface area (Å²) < 4.78 is 5.41. The number of nitrogens with one attached hydrogen (secondary N) is 1. The van der Waals surface area contributed by atoms with E-state index in [9.17, 15) is 9.59 Å². The quantitative estimate of drug-likeness (QED) is 0.844. The number of carbonyl (C=O) groups excluding carboxylic acids is 2. The number of carbonyl (C=O) groups is 2. The van der Waals surface area contributed by atoms with Gasteiger partial charge in [-0.1, -0.05) is 18.2 Å². The Labute approximate surface area is 167 Å².